The van der Waals surface area contributed by atoms with Gasteiger partial charge in [-0.05, 0) is 12.1 Å². The van der Waals surface area contributed by atoms with Crippen molar-refractivity contribution in [1.82, 2.24) is 0 Å². The minimum atomic E-state index is -1.33. The lowest BCUT2D eigenvalue weighted by Gasteiger charge is -1.91. The van der Waals surface area contributed by atoms with Crippen LogP contribution in [-0.4, -0.2) is 11.2 Å². The topological polar surface area (TPSA) is 93.5 Å². The van der Waals surface area contributed by atoms with Crippen LogP contribution in [0.3, 0.4) is 0 Å². The second-order valence-corrected chi connectivity index (χ2v) is 2.62. The third-order valence-electron chi connectivity index (χ3n) is 1.57. The van der Waals surface area contributed by atoms with Crippen molar-refractivity contribution in [2.75, 3.05) is 0 Å². The summed E-state index contributed by atoms with van der Waals surface area (Å²) >= 11 is 0. The molecule has 3 N–H and O–H groups in total. The Morgan fingerprint density at radius 3 is 2.47 bits per heavy atom. The molecule has 0 saturated heterocycles. The van der Waals surface area contributed by atoms with Crippen LogP contribution in [0.2, 0.25) is 0 Å². The Morgan fingerprint density at radius 1 is 1.27 bits per heavy atom. The van der Waals surface area contributed by atoms with Gasteiger partial charge in [0.15, 0.2) is 5.43 Å². The van der Waals surface area contributed by atoms with Crippen molar-refractivity contribution in [1.29, 1.82) is 0 Å². The van der Waals surface area contributed by atoms with Crippen LogP contribution in [0.5, 0.6) is 0 Å². The maximum absolute atomic E-state index is 11.1. The molecule has 0 saturated carbocycles. The quantitative estimate of drug-likeness (QED) is 0.683. The first-order valence-electron chi connectivity index (χ1n) is 4.06. The number of rotatable bonds is 0. The van der Waals surface area contributed by atoms with E-state index in [-0.39, 0.29) is 5.43 Å². The Kier molecular flexibility index (Phi) is 3.45. The maximum Gasteiger partial charge on any atom is 0.402 e. The number of amides is 1. The number of nitrogens with two attached hydrogens (primary N) is 1. The third kappa shape index (κ3) is 3.15. The monoisotopic (exact) mass is 207 g/mol. The predicted octanol–water partition coefficient (Wildman–Crippen LogP) is 1.42. The van der Waals surface area contributed by atoms with Crippen LogP contribution in [0.25, 0.3) is 11.0 Å². The zero-order valence-corrected chi connectivity index (χ0v) is 7.71. The molecule has 1 heterocycles. The van der Waals surface area contributed by atoms with Gasteiger partial charge < -0.3 is 15.3 Å². The number of fused-ring (bicyclic) bond motifs is 1. The minimum absolute atomic E-state index is 0.00634. The summed E-state index contributed by atoms with van der Waals surface area (Å²) in [6.45, 7) is 0. The number of para-hydroxylation sites is 1. The zero-order valence-electron chi connectivity index (χ0n) is 7.71. The van der Waals surface area contributed by atoms with Crippen molar-refractivity contribution in [2.24, 2.45) is 5.73 Å². The lowest BCUT2D eigenvalue weighted by Crippen LogP contribution is -2.03. The summed E-state index contributed by atoms with van der Waals surface area (Å²) in [5, 5.41) is 7.83. The van der Waals surface area contributed by atoms with Gasteiger partial charge >= 0.3 is 6.09 Å². The summed E-state index contributed by atoms with van der Waals surface area (Å²) in [6.07, 6.45) is 0.0741. The fraction of sp³-hybridized carbons (Fsp3) is 0. The molecule has 0 aliphatic heterocycles. The molecule has 1 aromatic carbocycles. The number of hydrogen-bond acceptors (Lipinski definition) is 3. The first-order chi connectivity index (χ1) is 7.11. The Hall–Kier alpha value is -2.30. The van der Waals surface area contributed by atoms with Gasteiger partial charge in [0.2, 0.25) is 0 Å². The molecular formula is C10H9NO4. The number of hydrogen-bond donors (Lipinski definition) is 2. The van der Waals surface area contributed by atoms with Gasteiger partial charge in [-0.3, -0.25) is 4.79 Å². The lowest BCUT2D eigenvalue weighted by atomic mass is 10.2. The van der Waals surface area contributed by atoms with Crippen LogP contribution in [-0.2, 0) is 0 Å². The number of primary amides is 1. The lowest BCUT2D eigenvalue weighted by molar-refractivity contribution is 0.205. The smallest absolute Gasteiger partial charge is 0.402 e. The standard InChI is InChI=1S/C9H6O2.CH3NO2/c10-8-5-6-11-9-4-2-1-3-7(8)9;2-1(3)4/h1-6H;2H2,(H,3,4). The van der Waals surface area contributed by atoms with Crippen molar-refractivity contribution >= 4 is 17.1 Å². The number of carbonyl (C=O) groups is 1. The number of benzene rings is 1. The fourth-order valence-corrected chi connectivity index (χ4v) is 1.03. The van der Waals surface area contributed by atoms with E-state index in [0.717, 1.165) is 0 Å². The average Bonchev–Trinajstić information content (AvgIpc) is 2.18. The molecule has 5 heteroatoms. The Balaban J connectivity index is 0.000000245. The van der Waals surface area contributed by atoms with Gasteiger partial charge in [-0.2, -0.15) is 0 Å². The average molecular weight is 207 g/mol. The Bertz CT molecular complexity index is 509. The van der Waals surface area contributed by atoms with Crippen molar-refractivity contribution in [3.63, 3.8) is 0 Å². The molecule has 15 heavy (non-hydrogen) atoms. The van der Waals surface area contributed by atoms with Crippen LogP contribution in [0.1, 0.15) is 0 Å². The molecule has 0 aliphatic rings. The van der Waals surface area contributed by atoms with E-state index in [1.165, 1.54) is 12.3 Å². The summed E-state index contributed by atoms with van der Waals surface area (Å²) < 4.78 is 5.09. The molecule has 2 aromatic rings. The van der Waals surface area contributed by atoms with Crippen LogP contribution in [0, 0.1) is 0 Å². The summed E-state index contributed by atoms with van der Waals surface area (Å²) in [6, 6.07) is 8.60. The van der Waals surface area contributed by atoms with Gasteiger partial charge in [0.05, 0.1) is 11.6 Å². The predicted molar refractivity (Wildman–Crippen MR) is 54.7 cm³/mol. The number of carboxylic acid groups (broad SMARTS) is 1. The zero-order chi connectivity index (χ0) is 11.3. The highest BCUT2D eigenvalue weighted by Crippen LogP contribution is 2.06. The van der Waals surface area contributed by atoms with E-state index in [2.05, 4.69) is 5.73 Å². The van der Waals surface area contributed by atoms with Gasteiger partial charge in [0.1, 0.15) is 5.58 Å². The summed E-state index contributed by atoms with van der Waals surface area (Å²) in [4.78, 5) is 19.9. The summed E-state index contributed by atoms with van der Waals surface area (Å²) in [5.74, 6) is 0. The van der Waals surface area contributed by atoms with E-state index in [9.17, 15) is 4.79 Å². The third-order valence-corrected chi connectivity index (χ3v) is 1.57. The molecule has 0 radical (unpaired) electrons. The van der Waals surface area contributed by atoms with Crippen LogP contribution in [0.4, 0.5) is 4.79 Å². The van der Waals surface area contributed by atoms with E-state index >= 15 is 0 Å². The second kappa shape index (κ2) is 4.80. The van der Waals surface area contributed by atoms with Crippen molar-refractivity contribution in [2.45, 2.75) is 0 Å². The molecule has 0 fully saturated rings. The molecule has 78 valence electrons. The second-order valence-electron chi connectivity index (χ2n) is 2.62. The van der Waals surface area contributed by atoms with E-state index < -0.39 is 6.09 Å². The van der Waals surface area contributed by atoms with E-state index in [1.807, 2.05) is 12.1 Å². The molecule has 0 spiro atoms. The van der Waals surface area contributed by atoms with Gasteiger partial charge in [-0.1, -0.05) is 12.1 Å². The highest BCUT2D eigenvalue weighted by Gasteiger charge is 1.95. The molecule has 0 unspecified atom stereocenters. The van der Waals surface area contributed by atoms with Crippen molar-refractivity contribution in [3.05, 3.63) is 46.8 Å². The van der Waals surface area contributed by atoms with Crippen LogP contribution < -0.4 is 11.2 Å². The van der Waals surface area contributed by atoms with Crippen LogP contribution in [0.15, 0.2) is 45.8 Å². The van der Waals surface area contributed by atoms with E-state index in [1.54, 1.807) is 12.1 Å². The highest BCUT2D eigenvalue weighted by molar-refractivity contribution is 5.75. The van der Waals surface area contributed by atoms with Gasteiger partial charge in [-0.15, -0.1) is 0 Å². The van der Waals surface area contributed by atoms with E-state index in [0.29, 0.717) is 11.0 Å². The SMILES string of the molecule is NC(=O)O.O=c1ccoc2ccccc12. The molecule has 0 bridgehead atoms. The molecule has 0 atom stereocenters. The molecular weight excluding hydrogens is 198 g/mol. The highest BCUT2D eigenvalue weighted by atomic mass is 16.4. The molecule has 2 rings (SSSR count). The van der Waals surface area contributed by atoms with E-state index in [4.69, 9.17) is 14.3 Å². The van der Waals surface area contributed by atoms with Gasteiger partial charge in [0, 0.05) is 6.07 Å². The molecule has 1 amide bonds. The van der Waals surface area contributed by atoms with Crippen LogP contribution >= 0.6 is 0 Å². The van der Waals surface area contributed by atoms with Gasteiger partial charge in [0.25, 0.3) is 0 Å². The first kappa shape index (κ1) is 10.8. The molecule has 0 aliphatic carbocycles. The van der Waals surface area contributed by atoms with Gasteiger partial charge in [-0.25, -0.2) is 4.79 Å². The summed E-state index contributed by atoms with van der Waals surface area (Å²) in [7, 11) is 0. The molecule has 1 aromatic heterocycles. The Labute approximate surface area is 84.7 Å². The summed E-state index contributed by atoms with van der Waals surface area (Å²) in [5.41, 5.74) is 4.67. The first-order valence-corrected chi connectivity index (χ1v) is 4.06. The maximum atomic E-state index is 11.1. The normalized spacial score (nSPS) is 9.07. The van der Waals surface area contributed by atoms with Crippen molar-refractivity contribution < 1.29 is 14.3 Å². The minimum Gasteiger partial charge on any atom is -0.465 e. The molecule has 5 nitrogen and oxygen atoms in total. The van der Waals surface area contributed by atoms with Crippen molar-refractivity contribution in [3.8, 4) is 0 Å². The largest absolute Gasteiger partial charge is 0.465 e. The Morgan fingerprint density at radius 2 is 1.87 bits per heavy atom. The fourth-order valence-electron chi connectivity index (χ4n) is 1.03.